The molecule has 0 amide bonds. The van der Waals surface area contributed by atoms with Gasteiger partial charge in [-0.1, -0.05) is 92.9 Å². The molecule has 0 aliphatic heterocycles. The zero-order chi connectivity index (χ0) is 77.8. The van der Waals surface area contributed by atoms with Crippen molar-refractivity contribution in [1.82, 2.24) is 0 Å². The second-order valence-electron chi connectivity index (χ2n) is 27.1. The van der Waals surface area contributed by atoms with Crippen LogP contribution in [0.3, 0.4) is 0 Å². The molecular weight excluding hydrogens is 1340 g/mol. The number of aldehydes is 1. The molecule has 33 nitrogen and oxygen atoms in total. The number of esters is 4. The van der Waals surface area contributed by atoms with E-state index in [9.17, 15) is 113 Å². The molecule has 0 aromatic rings. The van der Waals surface area contributed by atoms with Crippen LogP contribution in [0.15, 0.2) is 0 Å². The Labute approximate surface area is 589 Å². The number of carbonyl (C=O) groups excluding carboxylic acids is 5. The fourth-order valence-corrected chi connectivity index (χ4v) is 11.4. The number of aliphatic hydroxyl groups excluding tert-OH is 6. The van der Waals surface area contributed by atoms with Crippen LogP contribution in [0.25, 0.3) is 0 Å². The second-order valence-corrected chi connectivity index (χ2v) is 27.1. The van der Waals surface area contributed by atoms with Gasteiger partial charge in [-0.15, -0.1) is 0 Å². The average molecular weight is 1460 g/mol. The Morgan fingerprint density at radius 3 is 0.842 bits per heavy atom. The highest BCUT2D eigenvalue weighted by atomic mass is 16.6. The maximum Gasteiger partial charge on any atom is 0.307 e. The van der Waals surface area contributed by atoms with Crippen molar-refractivity contribution < 1.29 is 153 Å². The van der Waals surface area contributed by atoms with E-state index in [1.807, 2.05) is 13.8 Å². The zero-order valence-corrected chi connectivity index (χ0v) is 59.3. The van der Waals surface area contributed by atoms with Crippen LogP contribution in [0.2, 0.25) is 0 Å². The standard InChI is InChI=1S/C34H57NO16.C34H59NO15/c1-4-5-8-20(3)32(51-31(45)16-22(34(48)49)14-29(42)43)27(50-30(44)15-21(33(46)47)13-28(40)41)12-19(2)11-23(37)9-6-7-10-24(38)17-26(39)25(35)18-36;1-5-6-9-20(3)32(50-31(44)17-23(34(47)48)15-29(41)42)27(49-30(43)16-22(33(45)46)14-28(39)40)13-19(2)12-24(36)10-7-8-11-25(37)18-26(38)21(4)35/h18-27,32,37-39H,4-17,35H2,1-3H3,(H,40,41)(H,42,43)(H,46,47)(H,48,49);19-27,32,36-38H,5-18,35H2,1-4H3,(H,39,40)(H,41,42)(H,45,46)(H,47,48). The largest absolute Gasteiger partial charge is 0.481 e. The summed E-state index contributed by atoms with van der Waals surface area (Å²) < 4.78 is 22.8. The summed E-state index contributed by atoms with van der Waals surface area (Å²) in [5.41, 5.74) is 11.1. The number of hydrogen-bond donors (Lipinski definition) is 16. The van der Waals surface area contributed by atoms with E-state index in [0.29, 0.717) is 83.3 Å². The Balaban J connectivity index is 0. The molecule has 0 saturated heterocycles. The van der Waals surface area contributed by atoms with E-state index in [-0.39, 0.29) is 44.4 Å². The molecule has 0 aliphatic rings. The van der Waals surface area contributed by atoms with Gasteiger partial charge in [-0.2, -0.15) is 0 Å². The van der Waals surface area contributed by atoms with Gasteiger partial charge in [0, 0.05) is 18.9 Å². The topological polar surface area (TPSA) is 594 Å². The van der Waals surface area contributed by atoms with Crippen molar-refractivity contribution in [2.75, 3.05) is 0 Å². The van der Waals surface area contributed by atoms with Gasteiger partial charge in [-0.05, 0) is 94.8 Å². The highest BCUT2D eigenvalue weighted by molar-refractivity contribution is 5.85. The molecule has 0 rings (SSSR count). The monoisotopic (exact) mass is 1460 g/mol. The molecular formula is C68H116N2O31. The van der Waals surface area contributed by atoms with Crippen LogP contribution in [0.5, 0.6) is 0 Å². The van der Waals surface area contributed by atoms with Crippen molar-refractivity contribution in [3.05, 3.63) is 0 Å². The predicted molar refractivity (Wildman–Crippen MR) is 356 cm³/mol. The molecule has 0 aromatic carbocycles. The van der Waals surface area contributed by atoms with Gasteiger partial charge in [0.15, 0.2) is 0 Å². The van der Waals surface area contributed by atoms with Gasteiger partial charge in [0.05, 0.1) is 118 Å². The minimum absolute atomic E-state index is 0.00104. The van der Waals surface area contributed by atoms with Gasteiger partial charge >= 0.3 is 71.6 Å². The molecule has 0 spiro atoms. The van der Waals surface area contributed by atoms with E-state index in [1.54, 1.807) is 34.6 Å². The molecule has 0 bridgehead atoms. The summed E-state index contributed by atoms with van der Waals surface area (Å²) in [6.07, 6.45) is -8.40. The van der Waals surface area contributed by atoms with E-state index in [4.69, 9.17) is 50.8 Å². The summed E-state index contributed by atoms with van der Waals surface area (Å²) in [5, 5.41) is 136. The molecule has 0 aromatic heterocycles. The smallest absolute Gasteiger partial charge is 0.307 e. The van der Waals surface area contributed by atoms with Gasteiger partial charge in [0.25, 0.3) is 0 Å². The van der Waals surface area contributed by atoms with Crippen LogP contribution >= 0.6 is 0 Å². The molecule has 0 fully saturated rings. The first kappa shape index (κ1) is 96.0. The minimum Gasteiger partial charge on any atom is -0.481 e. The Kier molecular flexibility index (Phi) is 50.3. The number of carbonyl (C=O) groups is 13. The SMILES string of the molecule is CCCCC(C)C(OC(=O)CC(CC(=O)O)C(=O)O)C(CC(C)CC(O)CCCCC(O)CC(O)C(C)N)OC(=O)CC(CC(=O)O)C(=O)O.CCCCC(C)C(OC(=O)CC(CC(=O)O)C(=O)O)C(CC(C)CC(O)CCCCC(O)CC(O)C(N)C=O)OC(=O)CC(CC(=O)O)C(=O)O. The van der Waals surface area contributed by atoms with Gasteiger partial charge in [0.1, 0.15) is 30.7 Å². The normalized spacial score (nSPS) is 17.4. The number of nitrogens with two attached hydrogens (primary N) is 2. The van der Waals surface area contributed by atoms with Crippen molar-refractivity contribution in [2.45, 2.75) is 301 Å². The van der Waals surface area contributed by atoms with Crippen LogP contribution < -0.4 is 11.5 Å². The summed E-state index contributed by atoms with van der Waals surface area (Å²) in [7, 11) is 0. The third-order valence-corrected chi connectivity index (χ3v) is 17.2. The molecule has 101 heavy (non-hydrogen) atoms. The van der Waals surface area contributed by atoms with Crippen molar-refractivity contribution in [2.24, 2.45) is 58.8 Å². The van der Waals surface area contributed by atoms with E-state index < -0.39 is 238 Å². The van der Waals surface area contributed by atoms with Crippen LogP contribution in [0, 0.1) is 47.3 Å². The number of carboxylic acids is 8. The van der Waals surface area contributed by atoms with E-state index >= 15 is 0 Å². The van der Waals surface area contributed by atoms with Gasteiger partial charge < -0.3 is 107 Å². The molecule has 0 radical (unpaired) electrons. The lowest BCUT2D eigenvalue weighted by molar-refractivity contribution is -0.177. The molecule has 0 aliphatic carbocycles. The highest BCUT2D eigenvalue weighted by Crippen LogP contribution is 2.32. The van der Waals surface area contributed by atoms with Crippen molar-refractivity contribution >= 4 is 77.9 Å². The third-order valence-electron chi connectivity index (χ3n) is 17.2. The predicted octanol–water partition coefficient (Wildman–Crippen LogP) is 4.31. The number of aliphatic carboxylic acids is 8. The van der Waals surface area contributed by atoms with Crippen LogP contribution in [0.4, 0.5) is 0 Å². The Morgan fingerprint density at radius 2 is 0.604 bits per heavy atom. The Morgan fingerprint density at radius 1 is 0.347 bits per heavy atom. The first-order chi connectivity index (χ1) is 47.1. The molecule has 18 N–H and O–H groups in total. The minimum atomic E-state index is -1.61. The average Bonchev–Trinajstić information content (AvgIpc) is 0.854. The fraction of sp³-hybridized carbons (Fsp3) is 0.809. The summed E-state index contributed by atoms with van der Waals surface area (Å²) in [5.74, 6) is -24.1. The first-order valence-corrected chi connectivity index (χ1v) is 34.7. The van der Waals surface area contributed by atoms with E-state index in [1.165, 1.54) is 0 Å². The zero-order valence-electron chi connectivity index (χ0n) is 59.3. The lowest BCUT2D eigenvalue weighted by Crippen LogP contribution is -2.42. The molecule has 0 heterocycles. The molecule has 584 valence electrons. The fourth-order valence-electron chi connectivity index (χ4n) is 11.4. The maximum absolute atomic E-state index is 13.0. The molecule has 20 atom stereocenters. The Bertz CT molecular complexity index is 2520. The Hall–Kier alpha value is -7.01. The molecule has 0 saturated carbocycles. The maximum atomic E-state index is 13.0. The van der Waals surface area contributed by atoms with Crippen LogP contribution in [-0.4, -0.2) is 223 Å². The van der Waals surface area contributed by atoms with Gasteiger partial charge in [0.2, 0.25) is 0 Å². The third kappa shape index (κ3) is 46.3. The number of aliphatic hydroxyl groups is 6. The molecule has 33 heteroatoms. The summed E-state index contributed by atoms with van der Waals surface area (Å²) >= 11 is 0. The highest BCUT2D eigenvalue weighted by Gasteiger charge is 2.40. The number of carboxylic acid groups (broad SMARTS) is 8. The summed E-state index contributed by atoms with van der Waals surface area (Å²) in [6.45, 7) is 12.4. The van der Waals surface area contributed by atoms with E-state index in [2.05, 4.69) is 0 Å². The quantitative estimate of drug-likeness (QED) is 0.0175. The first-order valence-electron chi connectivity index (χ1n) is 34.7. The lowest BCUT2D eigenvalue weighted by Gasteiger charge is -2.33. The number of unbranched alkanes of at least 4 members (excludes halogenated alkanes) is 4. The number of rotatable bonds is 59. The van der Waals surface area contributed by atoms with Gasteiger partial charge in [-0.3, -0.25) is 57.5 Å². The summed E-state index contributed by atoms with van der Waals surface area (Å²) in [4.78, 5) is 154. The summed E-state index contributed by atoms with van der Waals surface area (Å²) in [6, 6.07) is -1.58. The van der Waals surface area contributed by atoms with Crippen molar-refractivity contribution in [3.8, 4) is 0 Å². The van der Waals surface area contributed by atoms with Crippen molar-refractivity contribution in [3.63, 3.8) is 0 Å². The number of hydrogen-bond acceptors (Lipinski definition) is 25. The van der Waals surface area contributed by atoms with Crippen LogP contribution in [-0.2, 0) is 81.3 Å². The number of ether oxygens (including phenoxy) is 4. The van der Waals surface area contributed by atoms with Gasteiger partial charge in [-0.25, -0.2) is 0 Å². The molecule has 20 unspecified atom stereocenters. The van der Waals surface area contributed by atoms with E-state index in [0.717, 1.165) is 12.8 Å². The lowest BCUT2D eigenvalue weighted by atomic mass is 9.87. The van der Waals surface area contributed by atoms with Crippen molar-refractivity contribution in [1.29, 1.82) is 0 Å². The second kappa shape index (κ2) is 52.9. The van der Waals surface area contributed by atoms with Crippen LogP contribution in [0.1, 0.15) is 228 Å².